The first kappa shape index (κ1) is 11.9. The van der Waals surface area contributed by atoms with Gasteiger partial charge in [-0.1, -0.05) is 0 Å². The van der Waals surface area contributed by atoms with Gasteiger partial charge in [-0.05, 0) is 38.5 Å². The second-order valence-electron chi connectivity index (χ2n) is 4.49. The predicted molar refractivity (Wildman–Crippen MR) is 66.7 cm³/mol. The molecule has 0 aliphatic carbocycles. The first-order chi connectivity index (χ1) is 8.16. The third-order valence-corrected chi connectivity index (χ3v) is 3.05. The van der Waals surface area contributed by atoms with E-state index in [0.29, 0.717) is 12.1 Å². The fourth-order valence-corrected chi connectivity index (χ4v) is 1.73. The lowest BCUT2D eigenvalue weighted by Crippen LogP contribution is -2.33. The van der Waals surface area contributed by atoms with Crippen LogP contribution in [0.25, 0.3) is 0 Å². The second kappa shape index (κ2) is 5.19. The molecule has 2 rings (SSSR count). The summed E-state index contributed by atoms with van der Waals surface area (Å²) in [5.41, 5.74) is 1.19. The molecule has 2 heterocycles. The standard InChI is InChI=1S/C13H19N3O/c1-10-7-15-16(9-10)12(3)11(2)14-8-13-5-4-6-17-13/h4-7,9,11-12,14H,8H2,1-3H3/t11-,12+/m0/s1. The van der Waals surface area contributed by atoms with Gasteiger partial charge in [0.2, 0.25) is 0 Å². The van der Waals surface area contributed by atoms with Crippen molar-refractivity contribution in [1.29, 1.82) is 0 Å². The number of hydrogen-bond acceptors (Lipinski definition) is 3. The molecule has 2 aromatic heterocycles. The van der Waals surface area contributed by atoms with E-state index in [4.69, 9.17) is 4.42 Å². The van der Waals surface area contributed by atoms with Gasteiger partial charge in [0.1, 0.15) is 5.76 Å². The Morgan fingerprint density at radius 3 is 2.88 bits per heavy atom. The van der Waals surface area contributed by atoms with Crippen molar-refractivity contribution in [2.75, 3.05) is 0 Å². The van der Waals surface area contributed by atoms with Crippen LogP contribution in [0.15, 0.2) is 35.2 Å². The molecule has 0 radical (unpaired) electrons. The highest BCUT2D eigenvalue weighted by Crippen LogP contribution is 2.11. The molecule has 0 amide bonds. The fraction of sp³-hybridized carbons (Fsp3) is 0.462. The van der Waals surface area contributed by atoms with E-state index in [2.05, 4.69) is 37.4 Å². The molecule has 4 heteroatoms. The summed E-state index contributed by atoms with van der Waals surface area (Å²) in [4.78, 5) is 0. The molecular formula is C13H19N3O. The maximum absolute atomic E-state index is 5.29. The molecule has 92 valence electrons. The third-order valence-electron chi connectivity index (χ3n) is 3.05. The molecule has 4 nitrogen and oxygen atoms in total. The summed E-state index contributed by atoms with van der Waals surface area (Å²) in [6, 6.07) is 4.53. The van der Waals surface area contributed by atoms with E-state index in [-0.39, 0.29) is 0 Å². The Labute approximate surface area is 102 Å². The molecule has 0 spiro atoms. The van der Waals surface area contributed by atoms with Gasteiger partial charge in [0.25, 0.3) is 0 Å². The Balaban J connectivity index is 1.89. The van der Waals surface area contributed by atoms with Gasteiger partial charge in [0, 0.05) is 12.2 Å². The van der Waals surface area contributed by atoms with Crippen molar-refractivity contribution in [2.24, 2.45) is 0 Å². The van der Waals surface area contributed by atoms with Crippen LogP contribution < -0.4 is 5.32 Å². The molecule has 0 saturated carbocycles. The minimum atomic E-state index is 0.318. The van der Waals surface area contributed by atoms with Crippen molar-refractivity contribution >= 4 is 0 Å². The van der Waals surface area contributed by atoms with Crippen molar-refractivity contribution in [3.8, 4) is 0 Å². The van der Waals surface area contributed by atoms with Gasteiger partial charge in [0.15, 0.2) is 0 Å². The Kier molecular flexibility index (Phi) is 3.64. The summed E-state index contributed by atoms with van der Waals surface area (Å²) in [5.74, 6) is 0.959. The van der Waals surface area contributed by atoms with Crippen molar-refractivity contribution in [3.05, 3.63) is 42.1 Å². The number of nitrogens with one attached hydrogen (secondary N) is 1. The molecule has 0 aliphatic rings. The zero-order valence-electron chi connectivity index (χ0n) is 10.6. The van der Waals surface area contributed by atoms with Crippen LogP contribution in [0, 0.1) is 6.92 Å². The molecule has 1 N–H and O–H groups in total. The topological polar surface area (TPSA) is 43.0 Å². The first-order valence-electron chi connectivity index (χ1n) is 5.93. The lowest BCUT2D eigenvalue weighted by molar-refractivity contribution is 0.351. The zero-order chi connectivity index (χ0) is 12.3. The molecule has 17 heavy (non-hydrogen) atoms. The van der Waals surface area contributed by atoms with Crippen LogP contribution in [0.4, 0.5) is 0 Å². The van der Waals surface area contributed by atoms with Crippen LogP contribution in [0.5, 0.6) is 0 Å². The maximum atomic E-state index is 5.29. The Morgan fingerprint density at radius 1 is 1.47 bits per heavy atom. The monoisotopic (exact) mass is 233 g/mol. The van der Waals surface area contributed by atoms with Gasteiger partial charge in [-0.3, -0.25) is 4.68 Å². The van der Waals surface area contributed by atoms with E-state index < -0.39 is 0 Å². The van der Waals surface area contributed by atoms with Gasteiger partial charge in [-0.2, -0.15) is 5.10 Å². The minimum Gasteiger partial charge on any atom is -0.468 e. The van der Waals surface area contributed by atoms with E-state index in [1.54, 1.807) is 6.26 Å². The van der Waals surface area contributed by atoms with E-state index in [0.717, 1.165) is 12.3 Å². The number of aromatic nitrogens is 2. The highest BCUT2D eigenvalue weighted by molar-refractivity contribution is 5.01. The number of rotatable bonds is 5. The van der Waals surface area contributed by atoms with E-state index in [9.17, 15) is 0 Å². The summed E-state index contributed by atoms with van der Waals surface area (Å²) < 4.78 is 7.28. The van der Waals surface area contributed by atoms with Crippen molar-refractivity contribution in [3.63, 3.8) is 0 Å². The molecule has 0 saturated heterocycles. The molecule has 0 fully saturated rings. The van der Waals surface area contributed by atoms with Gasteiger partial charge >= 0.3 is 0 Å². The average Bonchev–Trinajstić information content (AvgIpc) is 2.95. The minimum absolute atomic E-state index is 0.318. The Hall–Kier alpha value is -1.55. The van der Waals surface area contributed by atoms with Crippen LogP contribution in [-0.2, 0) is 6.54 Å². The number of hydrogen-bond donors (Lipinski definition) is 1. The fourth-order valence-electron chi connectivity index (χ4n) is 1.73. The van der Waals surface area contributed by atoms with Gasteiger partial charge in [-0.25, -0.2) is 0 Å². The number of furan rings is 1. The van der Waals surface area contributed by atoms with Gasteiger partial charge < -0.3 is 9.73 Å². The second-order valence-corrected chi connectivity index (χ2v) is 4.49. The maximum Gasteiger partial charge on any atom is 0.117 e. The zero-order valence-corrected chi connectivity index (χ0v) is 10.6. The largest absolute Gasteiger partial charge is 0.468 e. The molecule has 0 aliphatic heterocycles. The normalized spacial score (nSPS) is 14.8. The first-order valence-corrected chi connectivity index (χ1v) is 5.93. The summed E-state index contributed by atoms with van der Waals surface area (Å²) >= 11 is 0. The van der Waals surface area contributed by atoms with Crippen molar-refractivity contribution in [2.45, 2.75) is 39.4 Å². The van der Waals surface area contributed by atoms with Crippen LogP contribution in [0.1, 0.15) is 31.2 Å². The van der Waals surface area contributed by atoms with E-state index in [1.165, 1.54) is 5.56 Å². The summed E-state index contributed by atoms with van der Waals surface area (Å²) in [5, 5.41) is 7.77. The van der Waals surface area contributed by atoms with Gasteiger partial charge in [-0.15, -0.1) is 0 Å². The lowest BCUT2D eigenvalue weighted by Gasteiger charge is -2.21. The molecular weight excluding hydrogens is 214 g/mol. The summed E-state index contributed by atoms with van der Waals surface area (Å²) in [6.07, 6.45) is 5.65. The quantitative estimate of drug-likeness (QED) is 0.863. The molecule has 0 unspecified atom stereocenters. The van der Waals surface area contributed by atoms with Crippen LogP contribution in [0.2, 0.25) is 0 Å². The highest BCUT2D eigenvalue weighted by atomic mass is 16.3. The van der Waals surface area contributed by atoms with Gasteiger partial charge in [0.05, 0.1) is 25.0 Å². The number of nitrogens with zero attached hydrogens (tertiary/aromatic N) is 2. The van der Waals surface area contributed by atoms with Crippen LogP contribution >= 0.6 is 0 Å². The number of aryl methyl sites for hydroxylation is 1. The summed E-state index contributed by atoms with van der Waals surface area (Å²) in [7, 11) is 0. The predicted octanol–water partition coefficient (Wildman–Crippen LogP) is 2.52. The van der Waals surface area contributed by atoms with Crippen molar-refractivity contribution < 1.29 is 4.42 Å². The van der Waals surface area contributed by atoms with E-state index >= 15 is 0 Å². The molecule has 2 aromatic rings. The van der Waals surface area contributed by atoms with Crippen LogP contribution in [-0.4, -0.2) is 15.8 Å². The Morgan fingerprint density at radius 2 is 2.29 bits per heavy atom. The molecule has 2 atom stereocenters. The van der Waals surface area contributed by atoms with Crippen molar-refractivity contribution in [1.82, 2.24) is 15.1 Å². The lowest BCUT2D eigenvalue weighted by atomic mass is 10.1. The third kappa shape index (κ3) is 2.97. The molecule has 0 bridgehead atoms. The molecule has 0 aromatic carbocycles. The van der Waals surface area contributed by atoms with Crippen LogP contribution in [0.3, 0.4) is 0 Å². The Bertz CT molecular complexity index is 447. The smallest absolute Gasteiger partial charge is 0.117 e. The van der Waals surface area contributed by atoms with E-state index in [1.807, 2.05) is 23.0 Å². The SMILES string of the molecule is Cc1cnn([C@H](C)[C@H](C)NCc2ccco2)c1. The summed E-state index contributed by atoms with van der Waals surface area (Å²) in [6.45, 7) is 7.12. The highest BCUT2D eigenvalue weighted by Gasteiger charge is 2.14. The average molecular weight is 233 g/mol.